The van der Waals surface area contributed by atoms with Crippen molar-refractivity contribution in [1.29, 1.82) is 0 Å². The van der Waals surface area contributed by atoms with Crippen LogP contribution in [0.15, 0.2) is 48.5 Å². The topological polar surface area (TPSA) is 61.9 Å². The smallest absolute Gasteiger partial charge is 0.324 e. The van der Waals surface area contributed by atoms with Gasteiger partial charge in [-0.2, -0.15) is 0 Å². The van der Waals surface area contributed by atoms with Crippen LogP contribution in [0.1, 0.15) is 22.3 Å². The van der Waals surface area contributed by atoms with Gasteiger partial charge in [0.15, 0.2) is 0 Å². The lowest BCUT2D eigenvalue weighted by atomic mass is 10.1. The van der Waals surface area contributed by atoms with Crippen molar-refractivity contribution >= 4 is 17.6 Å². The van der Waals surface area contributed by atoms with Gasteiger partial charge in [0.1, 0.15) is 5.82 Å². The Balaban J connectivity index is 1.72. The number of nitrogens with one attached hydrogen (secondary N) is 1. The average molecular weight is 385 g/mol. The van der Waals surface area contributed by atoms with Crippen LogP contribution in [0.2, 0.25) is 0 Å². The molecule has 2 aromatic carbocycles. The number of rotatable bonds is 7. The van der Waals surface area contributed by atoms with Crippen molar-refractivity contribution in [2.75, 3.05) is 38.3 Å². The molecule has 2 aromatic rings. The number of halogens is 1. The number of hydrogen-bond donors (Lipinski definition) is 1. The van der Waals surface area contributed by atoms with Gasteiger partial charge in [0.25, 0.3) is 5.91 Å². The molecule has 0 radical (unpaired) electrons. The zero-order valence-corrected chi connectivity index (χ0v) is 15.9. The second-order valence-corrected chi connectivity index (χ2v) is 6.60. The zero-order valence-electron chi connectivity index (χ0n) is 15.9. The molecule has 0 aromatic heterocycles. The highest BCUT2D eigenvalue weighted by Gasteiger charge is 2.27. The van der Waals surface area contributed by atoms with Crippen molar-refractivity contribution in [1.82, 2.24) is 10.2 Å². The summed E-state index contributed by atoms with van der Waals surface area (Å²) in [4.78, 5) is 28.5. The van der Waals surface area contributed by atoms with Gasteiger partial charge in [-0.05, 0) is 30.7 Å². The lowest BCUT2D eigenvalue weighted by molar-refractivity contribution is 0.0937. The molecule has 0 saturated carbocycles. The summed E-state index contributed by atoms with van der Waals surface area (Å²) in [6.07, 6.45) is 0.768. The van der Waals surface area contributed by atoms with Gasteiger partial charge < -0.3 is 15.0 Å². The van der Waals surface area contributed by atoms with Crippen LogP contribution in [0.5, 0.6) is 0 Å². The third kappa shape index (κ3) is 4.67. The quantitative estimate of drug-likeness (QED) is 0.746. The van der Waals surface area contributed by atoms with E-state index in [4.69, 9.17) is 4.74 Å². The fourth-order valence-corrected chi connectivity index (χ4v) is 3.18. The first-order valence-electron chi connectivity index (χ1n) is 9.27. The zero-order chi connectivity index (χ0) is 19.9. The Kier molecular flexibility index (Phi) is 6.60. The maximum atomic E-state index is 14.0. The number of ether oxygens (including phenoxy) is 1. The molecule has 1 aliphatic heterocycles. The molecule has 3 amide bonds. The summed E-state index contributed by atoms with van der Waals surface area (Å²) >= 11 is 0. The first-order valence-corrected chi connectivity index (χ1v) is 9.27. The summed E-state index contributed by atoms with van der Waals surface area (Å²) in [6, 6.07) is 13.2. The number of anilines is 1. The highest BCUT2D eigenvalue weighted by Crippen LogP contribution is 2.23. The summed E-state index contributed by atoms with van der Waals surface area (Å²) < 4.78 is 18.9. The third-order valence-corrected chi connectivity index (χ3v) is 4.64. The fraction of sp³-hybridized carbons (Fsp3) is 0.333. The third-order valence-electron chi connectivity index (χ3n) is 4.64. The Morgan fingerprint density at radius 1 is 1.18 bits per heavy atom. The van der Waals surface area contributed by atoms with Crippen LogP contribution in [0.25, 0.3) is 0 Å². The molecule has 0 atom stereocenters. The minimum Gasteiger partial charge on any atom is -0.383 e. The summed E-state index contributed by atoms with van der Waals surface area (Å²) in [7, 11) is 1.57. The van der Waals surface area contributed by atoms with E-state index in [9.17, 15) is 14.0 Å². The van der Waals surface area contributed by atoms with Crippen LogP contribution in [0.4, 0.5) is 14.9 Å². The fourth-order valence-electron chi connectivity index (χ4n) is 3.18. The number of carbonyl (C=O) groups is 2. The minimum atomic E-state index is -0.317. The molecular formula is C21H24FN3O3. The van der Waals surface area contributed by atoms with Gasteiger partial charge in [0.2, 0.25) is 0 Å². The first kappa shape index (κ1) is 19.8. The van der Waals surface area contributed by atoms with E-state index in [-0.39, 0.29) is 24.3 Å². The predicted molar refractivity (Wildman–Crippen MR) is 105 cm³/mol. The SMILES string of the molecule is COCCNC(=O)c1cccc(N2CCCN(Cc3ccccc3F)C2=O)c1. The standard InChI is InChI=1S/C21H24FN3O3/c1-28-13-10-23-20(26)16-7-4-8-18(14-16)25-12-5-11-24(21(25)27)15-17-6-2-3-9-19(17)22/h2-4,6-9,14H,5,10-13,15H2,1H3,(H,23,26). The van der Waals surface area contributed by atoms with Crippen molar-refractivity contribution in [3.8, 4) is 0 Å². The Morgan fingerprint density at radius 3 is 2.79 bits per heavy atom. The van der Waals surface area contributed by atoms with E-state index in [1.165, 1.54) is 6.07 Å². The molecule has 6 nitrogen and oxygen atoms in total. The highest BCUT2D eigenvalue weighted by molar-refractivity contribution is 5.98. The van der Waals surface area contributed by atoms with Crippen molar-refractivity contribution in [2.24, 2.45) is 0 Å². The van der Waals surface area contributed by atoms with Crippen LogP contribution in [0.3, 0.4) is 0 Å². The van der Waals surface area contributed by atoms with Crippen LogP contribution in [-0.4, -0.2) is 50.2 Å². The second kappa shape index (κ2) is 9.32. The molecule has 1 N–H and O–H groups in total. The maximum Gasteiger partial charge on any atom is 0.324 e. The average Bonchev–Trinajstić information content (AvgIpc) is 2.71. The van der Waals surface area contributed by atoms with Crippen molar-refractivity contribution < 1.29 is 18.7 Å². The van der Waals surface area contributed by atoms with Gasteiger partial charge in [-0.1, -0.05) is 24.3 Å². The largest absolute Gasteiger partial charge is 0.383 e. The van der Waals surface area contributed by atoms with Crippen LogP contribution < -0.4 is 10.2 Å². The molecule has 0 unspecified atom stereocenters. The number of methoxy groups -OCH3 is 1. The molecule has 7 heteroatoms. The summed E-state index contributed by atoms with van der Waals surface area (Å²) in [5, 5.41) is 2.77. The molecule has 0 aliphatic carbocycles. The van der Waals surface area contributed by atoms with E-state index in [1.807, 2.05) is 0 Å². The second-order valence-electron chi connectivity index (χ2n) is 6.60. The molecule has 1 saturated heterocycles. The first-order chi connectivity index (χ1) is 13.6. The molecule has 28 heavy (non-hydrogen) atoms. The molecule has 0 spiro atoms. The summed E-state index contributed by atoms with van der Waals surface area (Å²) in [5.74, 6) is -0.534. The van der Waals surface area contributed by atoms with Gasteiger partial charge in [-0.15, -0.1) is 0 Å². The van der Waals surface area contributed by atoms with E-state index in [0.717, 1.165) is 6.42 Å². The van der Waals surface area contributed by atoms with E-state index in [1.54, 1.807) is 59.4 Å². The maximum absolute atomic E-state index is 14.0. The number of urea groups is 1. The van der Waals surface area contributed by atoms with Gasteiger partial charge in [0, 0.05) is 43.6 Å². The number of nitrogens with zero attached hydrogens (tertiary/aromatic N) is 2. The Morgan fingerprint density at radius 2 is 2.00 bits per heavy atom. The van der Waals surface area contributed by atoms with Crippen LogP contribution in [-0.2, 0) is 11.3 Å². The van der Waals surface area contributed by atoms with Gasteiger partial charge in [-0.3, -0.25) is 9.69 Å². The van der Waals surface area contributed by atoms with E-state index in [0.29, 0.717) is 43.1 Å². The number of benzene rings is 2. The summed E-state index contributed by atoms with van der Waals surface area (Å²) in [6.45, 7) is 2.20. The van der Waals surface area contributed by atoms with Crippen LogP contribution in [0, 0.1) is 5.82 Å². The normalized spacial score (nSPS) is 14.3. The highest BCUT2D eigenvalue weighted by atomic mass is 19.1. The van der Waals surface area contributed by atoms with Crippen LogP contribution >= 0.6 is 0 Å². The Bertz CT molecular complexity index is 843. The van der Waals surface area contributed by atoms with E-state index in [2.05, 4.69) is 5.32 Å². The van der Waals surface area contributed by atoms with E-state index >= 15 is 0 Å². The molecule has 3 rings (SSSR count). The minimum absolute atomic E-state index is 0.188. The van der Waals surface area contributed by atoms with Crippen molar-refractivity contribution in [2.45, 2.75) is 13.0 Å². The Hall–Kier alpha value is -2.93. The molecule has 1 fully saturated rings. The van der Waals surface area contributed by atoms with Crippen molar-refractivity contribution in [3.63, 3.8) is 0 Å². The summed E-state index contributed by atoms with van der Waals surface area (Å²) in [5.41, 5.74) is 1.62. The molecule has 1 aliphatic rings. The van der Waals surface area contributed by atoms with Gasteiger partial charge in [0.05, 0.1) is 13.2 Å². The molecular weight excluding hydrogens is 361 g/mol. The predicted octanol–water partition coefficient (Wildman–Crippen LogP) is 3.03. The lowest BCUT2D eigenvalue weighted by Crippen LogP contribution is -2.49. The van der Waals surface area contributed by atoms with E-state index < -0.39 is 0 Å². The number of hydrogen-bond acceptors (Lipinski definition) is 3. The number of amides is 3. The monoisotopic (exact) mass is 385 g/mol. The Labute approximate surface area is 163 Å². The molecule has 148 valence electrons. The van der Waals surface area contributed by atoms with Gasteiger partial charge in [-0.25, -0.2) is 9.18 Å². The molecule has 1 heterocycles. The van der Waals surface area contributed by atoms with Crippen molar-refractivity contribution in [3.05, 3.63) is 65.5 Å². The number of carbonyl (C=O) groups excluding carboxylic acids is 2. The molecule has 0 bridgehead atoms. The lowest BCUT2D eigenvalue weighted by Gasteiger charge is -2.36. The van der Waals surface area contributed by atoms with Gasteiger partial charge >= 0.3 is 6.03 Å².